The van der Waals surface area contributed by atoms with Crippen molar-refractivity contribution >= 4 is 40.2 Å². The first-order valence-corrected chi connectivity index (χ1v) is 6.53. The molecule has 0 radical (unpaired) electrons. The zero-order chi connectivity index (χ0) is 13.8. The Kier molecular flexibility index (Phi) is 4.16. The van der Waals surface area contributed by atoms with E-state index in [1.54, 1.807) is 36.4 Å². The summed E-state index contributed by atoms with van der Waals surface area (Å²) in [6, 6.07) is 13.4. The molecule has 0 spiro atoms. The van der Waals surface area contributed by atoms with E-state index in [1.807, 2.05) is 28.7 Å². The van der Waals surface area contributed by atoms with Gasteiger partial charge in [0.25, 0.3) is 5.91 Å². The Bertz CT molecular complexity index is 626. The number of hydrogen-bond acceptors (Lipinski definition) is 3. The number of carbonyl (C=O) groups excluding carboxylic acids is 2. The summed E-state index contributed by atoms with van der Waals surface area (Å²) in [4.78, 5) is 22.8. The van der Waals surface area contributed by atoms with Crippen molar-refractivity contribution in [1.82, 2.24) is 0 Å². The molecule has 0 aromatic heterocycles. The van der Waals surface area contributed by atoms with E-state index in [2.05, 4.69) is 5.32 Å². The van der Waals surface area contributed by atoms with Crippen LogP contribution < -0.4 is 10.4 Å². The normalized spacial score (nSPS) is 9.95. The van der Waals surface area contributed by atoms with Gasteiger partial charge in [-0.2, -0.15) is 0 Å². The molecule has 1 amide bonds. The fourth-order valence-corrected chi connectivity index (χ4v) is 2.11. The third-order valence-electron chi connectivity index (χ3n) is 2.48. The molecule has 2 aromatic rings. The van der Waals surface area contributed by atoms with Crippen LogP contribution in [0, 0.1) is 3.57 Å². The van der Waals surface area contributed by atoms with E-state index in [1.165, 1.54) is 6.07 Å². The number of halogens is 1. The molecule has 0 heterocycles. The second-order valence-electron chi connectivity index (χ2n) is 3.80. The zero-order valence-electron chi connectivity index (χ0n) is 9.72. The highest BCUT2D eigenvalue weighted by Gasteiger charge is 2.07. The molecule has 1 N–H and O–H groups in total. The van der Waals surface area contributed by atoms with Crippen molar-refractivity contribution in [1.29, 1.82) is 0 Å². The first-order chi connectivity index (χ1) is 9.08. The predicted octanol–water partition coefficient (Wildman–Crippen LogP) is 1.91. The quantitative estimate of drug-likeness (QED) is 0.844. The van der Waals surface area contributed by atoms with Crippen molar-refractivity contribution in [2.24, 2.45) is 0 Å². The maximum Gasteiger partial charge on any atom is 0.255 e. The summed E-state index contributed by atoms with van der Waals surface area (Å²) in [5, 5.41) is 13.5. The van der Waals surface area contributed by atoms with Gasteiger partial charge in [0.15, 0.2) is 0 Å². The molecular weight excluding hydrogens is 357 g/mol. The number of aromatic carboxylic acids is 1. The Labute approximate surface area is 123 Å². The maximum absolute atomic E-state index is 11.9. The molecule has 0 fully saturated rings. The number of carboxylic acid groups (broad SMARTS) is 1. The summed E-state index contributed by atoms with van der Waals surface area (Å²) in [5.41, 5.74) is 0.996. The second kappa shape index (κ2) is 5.83. The average molecular weight is 366 g/mol. The predicted molar refractivity (Wildman–Crippen MR) is 77.9 cm³/mol. The minimum absolute atomic E-state index is 0.0615. The van der Waals surface area contributed by atoms with Gasteiger partial charge in [-0.15, -0.1) is 0 Å². The van der Waals surface area contributed by atoms with Gasteiger partial charge in [-0.1, -0.05) is 18.2 Å². The van der Waals surface area contributed by atoms with E-state index in [4.69, 9.17) is 0 Å². The number of rotatable bonds is 3. The summed E-state index contributed by atoms with van der Waals surface area (Å²) in [6.07, 6.45) is 0. The summed E-state index contributed by atoms with van der Waals surface area (Å²) < 4.78 is 0.565. The molecule has 19 heavy (non-hydrogen) atoms. The Morgan fingerprint density at radius 3 is 2.37 bits per heavy atom. The van der Waals surface area contributed by atoms with Gasteiger partial charge in [-0.25, -0.2) is 0 Å². The summed E-state index contributed by atoms with van der Waals surface area (Å²) in [5.74, 6) is -1.55. The van der Waals surface area contributed by atoms with E-state index < -0.39 is 5.97 Å². The monoisotopic (exact) mass is 366 g/mol. The van der Waals surface area contributed by atoms with E-state index in [-0.39, 0.29) is 11.5 Å². The molecule has 0 saturated heterocycles. The molecule has 2 aromatic carbocycles. The van der Waals surface area contributed by atoms with Crippen molar-refractivity contribution in [2.45, 2.75) is 0 Å². The lowest BCUT2D eigenvalue weighted by Crippen LogP contribution is -2.23. The first-order valence-electron chi connectivity index (χ1n) is 5.45. The molecule has 0 aliphatic rings. The van der Waals surface area contributed by atoms with Crippen LogP contribution in [0.4, 0.5) is 5.69 Å². The SMILES string of the molecule is O=C(Nc1ccc(I)c(C(=O)[O-])c1)c1ccccc1. The molecule has 2 rings (SSSR count). The maximum atomic E-state index is 11.9. The fraction of sp³-hybridized carbons (Fsp3) is 0. The molecule has 0 unspecified atom stereocenters. The molecule has 5 heteroatoms. The Morgan fingerprint density at radius 1 is 1.05 bits per heavy atom. The lowest BCUT2D eigenvalue weighted by Gasteiger charge is -2.10. The van der Waals surface area contributed by atoms with Crippen LogP contribution in [0.5, 0.6) is 0 Å². The van der Waals surface area contributed by atoms with Crippen LogP contribution in [-0.2, 0) is 0 Å². The van der Waals surface area contributed by atoms with Gasteiger partial charge in [0.2, 0.25) is 0 Å². The van der Waals surface area contributed by atoms with Gasteiger partial charge in [0.1, 0.15) is 0 Å². The largest absolute Gasteiger partial charge is 0.545 e. The summed E-state index contributed by atoms with van der Waals surface area (Å²) in [6.45, 7) is 0. The van der Waals surface area contributed by atoms with Crippen LogP contribution in [0.25, 0.3) is 0 Å². The molecule has 0 saturated carbocycles. The standard InChI is InChI=1S/C14H10INO3/c15-12-7-6-10(8-11(12)14(18)19)16-13(17)9-4-2-1-3-5-9/h1-8H,(H,16,17)(H,18,19)/p-1. The minimum atomic E-state index is -1.26. The molecular formula is C14H9INO3-. The van der Waals surface area contributed by atoms with Gasteiger partial charge < -0.3 is 15.2 Å². The van der Waals surface area contributed by atoms with Crippen LogP contribution in [0.15, 0.2) is 48.5 Å². The van der Waals surface area contributed by atoms with Crippen LogP contribution in [0.3, 0.4) is 0 Å². The van der Waals surface area contributed by atoms with Crippen LogP contribution >= 0.6 is 22.6 Å². The number of benzene rings is 2. The topological polar surface area (TPSA) is 69.2 Å². The van der Waals surface area contributed by atoms with E-state index >= 15 is 0 Å². The van der Waals surface area contributed by atoms with Gasteiger partial charge in [-0.3, -0.25) is 4.79 Å². The lowest BCUT2D eigenvalue weighted by atomic mass is 10.2. The first kappa shape index (κ1) is 13.5. The van der Waals surface area contributed by atoms with Crippen molar-refractivity contribution < 1.29 is 14.7 Å². The van der Waals surface area contributed by atoms with Crippen molar-refractivity contribution in [3.63, 3.8) is 0 Å². The smallest absolute Gasteiger partial charge is 0.255 e. The lowest BCUT2D eigenvalue weighted by molar-refractivity contribution is -0.255. The number of hydrogen-bond donors (Lipinski definition) is 1. The fourth-order valence-electron chi connectivity index (χ4n) is 1.55. The summed E-state index contributed by atoms with van der Waals surface area (Å²) >= 11 is 1.90. The number of nitrogens with one attached hydrogen (secondary N) is 1. The minimum Gasteiger partial charge on any atom is -0.545 e. The summed E-state index contributed by atoms with van der Waals surface area (Å²) in [7, 11) is 0. The third kappa shape index (κ3) is 3.31. The van der Waals surface area contributed by atoms with Crippen molar-refractivity contribution in [3.05, 3.63) is 63.2 Å². The number of amides is 1. The van der Waals surface area contributed by atoms with Gasteiger partial charge >= 0.3 is 0 Å². The highest BCUT2D eigenvalue weighted by molar-refractivity contribution is 14.1. The molecule has 0 aliphatic heterocycles. The molecule has 0 atom stereocenters. The van der Waals surface area contributed by atoms with Crippen molar-refractivity contribution in [3.8, 4) is 0 Å². The third-order valence-corrected chi connectivity index (χ3v) is 3.42. The highest BCUT2D eigenvalue weighted by Crippen LogP contribution is 2.18. The van der Waals surface area contributed by atoms with E-state index in [0.29, 0.717) is 14.8 Å². The van der Waals surface area contributed by atoms with Crippen LogP contribution in [-0.4, -0.2) is 11.9 Å². The van der Waals surface area contributed by atoms with Crippen LogP contribution in [0.2, 0.25) is 0 Å². The number of carboxylic acids is 1. The molecule has 0 bridgehead atoms. The average Bonchev–Trinajstić information content (AvgIpc) is 2.41. The van der Waals surface area contributed by atoms with E-state index in [9.17, 15) is 14.7 Å². The Hall–Kier alpha value is -1.89. The Balaban J connectivity index is 2.23. The van der Waals surface area contributed by atoms with Crippen molar-refractivity contribution in [2.75, 3.05) is 5.32 Å². The van der Waals surface area contributed by atoms with Crippen LogP contribution in [0.1, 0.15) is 20.7 Å². The highest BCUT2D eigenvalue weighted by atomic mass is 127. The number of anilines is 1. The van der Waals surface area contributed by atoms with Gasteiger partial charge in [0.05, 0.1) is 5.97 Å². The van der Waals surface area contributed by atoms with Gasteiger partial charge in [-0.05, 0) is 52.9 Å². The second-order valence-corrected chi connectivity index (χ2v) is 4.96. The Morgan fingerprint density at radius 2 is 1.74 bits per heavy atom. The molecule has 4 nitrogen and oxygen atoms in total. The van der Waals surface area contributed by atoms with Gasteiger partial charge in [0, 0.05) is 20.4 Å². The number of carbonyl (C=O) groups is 2. The van der Waals surface area contributed by atoms with E-state index in [0.717, 1.165) is 0 Å². The molecule has 0 aliphatic carbocycles. The zero-order valence-corrected chi connectivity index (χ0v) is 11.9. The molecule has 96 valence electrons.